The molecule has 0 radical (unpaired) electrons. The van der Waals surface area contributed by atoms with Crippen LogP contribution in [0.5, 0.6) is 0 Å². The molecule has 0 spiro atoms. The Balaban J connectivity index is 1.90. The summed E-state index contributed by atoms with van der Waals surface area (Å²) in [6, 6.07) is 9.97. The summed E-state index contributed by atoms with van der Waals surface area (Å²) >= 11 is 0. The molecule has 3 rings (SSSR count). The number of carbonyl (C=O) groups excluding carboxylic acids is 2. The van der Waals surface area contributed by atoms with Crippen LogP contribution in [0.25, 0.3) is 11.5 Å². The van der Waals surface area contributed by atoms with Crippen molar-refractivity contribution in [1.29, 1.82) is 0 Å². The number of benzene rings is 1. The van der Waals surface area contributed by atoms with E-state index in [0.717, 1.165) is 6.39 Å². The Labute approximate surface area is 137 Å². The van der Waals surface area contributed by atoms with Gasteiger partial charge in [0.2, 0.25) is 5.76 Å². The van der Waals surface area contributed by atoms with E-state index in [9.17, 15) is 9.59 Å². The normalized spacial score (nSPS) is 10.4. The molecule has 0 saturated heterocycles. The lowest BCUT2D eigenvalue weighted by Gasteiger charge is -2.08. The van der Waals surface area contributed by atoms with E-state index in [1.54, 1.807) is 43.3 Å². The van der Waals surface area contributed by atoms with Crippen LogP contribution >= 0.6 is 0 Å². The Kier molecular flexibility index (Phi) is 4.15. The lowest BCUT2D eigenvalue weighted by Crippen LogP contribution is -2.16. The highest BCUT2D eigenvalue weighted by Gasteiger charge is 2.22. The highest BCUT2D eigenvalue weighted by atomic mass is 16.5. The number of nitrogens with zero attached hydrogens (tertiary/aromatic N) is 1. The second-order valence-electron chi connectivity index (χ2n) is 4.93. The second kappa shape index (κ2) is 6.41. The molecule has 0 unspecified atom stereocenters. The number of aryl methyl sites for hydroxylation is 1. The van der Waals surface area contributed by atoms with Gasteiger partial charge in [0.15, 0.2) is 17.8 Å². The summed E-state index contributed by atoms with van der Waals surface area (Å²) < 4.78 is 15.4. The zero-order valence-corrected chi connectivity index (χ0v) is 13.0. The van der Waals surface area contributed by atoms with Crippen molar-refractivity contribution in [1.82, 2.24) is 4.98 Å². The van der Waals surface area contributed by atoms with Crippen LogP contribution < -0.4 is 5.32 Å². The van der Waals surface area contributed by atoms with Crippen LogP contribution in [-0.2, 0) is 4.74 Å². The number of hydrogen-bond donors (Lipinski definition) is 1. The third-order valence-corrected chi connectivity index (χ3v) is 3.33. The quantitative estimate of drug-likeness (QED) is 0.739. The van der Waals surface area contributed by atoms with Gasteiger partial charge in [-0.1, -0.05) is 12.1 Å². The van der Waals surface area contributed by atoms with Crippen molar-refractivity contribution < 1.29 is 23.2 Å². The maximum Gasteiger partial charge on any atom is 0.339 e. The number of hydrogen-bond acceptors (Lipinski definition) is 6. The monoisotopic (exact) mass is 326 g/mol. The zero-order chi connectivity index (χ0) is 17.1. The topological polar surface area (TPSA) is 94.6 Å². The highest BCUT2D eigenvalue weighted by Crippen LogP contribution is 2.26. The minimum Gasteiger partial charge on any atom is -0.465 e. The number of carbonyl (C=O) groups is 2. The van der Waals surface area contributed by atoms with E-state index in [4.69, 9.17) is 13.6 Å². The predicted octanol–water partition coefficient (Wildman–Crippen LogP) is 3.28. The van der Waals surface area contributed by atoms with E-state index in [0.29, 0.717) is 17.2 Å². The van der Waals surface area contributed by atoms with Gasteiger partial charge < -0.3 is 18.9 Å². The molecule has 0 fully saturated rings. The molecule has 0 aliphatic heterocycles. The largest absolute Gasteiger partial charge is 0.465 e. The molecule has 7 heteroatoms. The predicted molar refractivity (Wildman–Crippen MR) is 84.7 cm³/mol. The van der Waals surface area contributed by atoms with E-state index in [2.05, 4.69) is 10.3 Å². The third-order valence-electron chi connectivity index (χ3n) is 3.33. The Morgan fingerprint density at radius 2 is 1.96 bits per heavy atom. The van der Waals surface area contributed by atoms with Crippen LogP contribution in [0.4, 0.5) is 5.69 Å². The molecule has 2 aromatic heterocycles. The number of rotatable bonds is 4. The number of nitrogens with one attached hydrogen (secondary N) is 1. The molecule has 24 heavy (non-hydrogen) atoms. The fraction of sp³-hybridized carbons (Fsp3) is 0.118. The fourth-order valence-electron chi connectivity index (χ4n) is 2.20. The van der Waals surface area contributed by atoms with Gasteiger partial charge >= 0.3 is 5.97 Å². The number of para-hydroxylation sites is 1. The van der Waals surface area contributed by atoms with Crippen molar-refractivity contribution in [3.8, 4) is 11.5 Å². The summed E-state index contributed by atoms with van der Waals surface area (Å²) in [6.45, 7) is 1.78. The Morgan fingerprint density at radius 1 is 1.17 bits per heavy atom. The second-order valence-corrected chi connectivity index (χ2v) is 4.93. The molecule has 1 N–H and O–H groups in total. The first-order valence-electron chi connectivity index (χ1n) is 7.09. The molecule has 0 bridgehead atoms. The lowest BCUT2D eigenvalue weighted by atomic mass is 10.1. The average molecular weight is 326 g/mol. The van der Waals surface area contributed by atoms with E-state index >= 15 is 0 Å². The molecule has 7 nitrogen and oxygen atoms in total. The lowest BCUT2D eigenvalue weighted by molar-refractivity contribution is 0.0602. The van der Waals surface area contributed by atoms with Crippen LogP contribution in [0.3, 0.4) is 0 Å². The first-order chi connectivity index (χ1) is 11.6. The highest BCUT2D eigenvalue weighted by molar-refractivity contribution is 6.09. The first-order valence-corrected chi connectivity index (χ1v) is 7.09. The van der Waals surface area contributed by atoms with Crippen molar-refractivity contribution in [3.05, 3.63) is 59.8 Å². The smallest absolute Gasteiger partial charge is 0.339 e. The molecule has 1 amide bonds. The van der Waals surface area contributed by atoms with E-state index in [1.165, 1.54) is 7.11 Å². The number of amides is 1. The van der Waals surface area contributed by atoms with Gasteiger partial charge in [-0.05, 0) is 31.2 Å². The summed E-state index contributed by atoms with van der Waals surface area (Å²) in [4.78, 5) is 28.2. The Bertz CT molecular complexity index is 894. The van der Waals surface area contributed by atoms with Gasteiger partial charge in [-0.2, -0.15) is 0 Å². The third kappa shape index (κ3) is 2.91. The molecule has 0 saturated carbocycles. The fourth-order valence-corrected chi connectivity index (χ4v) is 2.20. The van der Waals surface area contributed by atoms with Crippen molar-refractivity contribution >= 4 is 17.6 Å². The summed E-state index contributed by atoms with van der Waals surface area (Å²) in [7, 11) is 1.27. The Morgan fingerprint density at radius 3 is 2.67 bits per heavy atom. The number of anilines is 1. The molecule has 0 aliphatic carbocycles. The number of oxazole rings is 1. The SMILES string of the molecule is COC(=O)c1ccccc1NC(=O)c1ncoc1-c1ccc(C)o1. The van der Waals surface area contributed by atoms with Gasteiger partial charge in [0.25, 0.3) is 5.91 Å². The van der Waals surface area contributed by atoms with Crippen molar-refractivity contribution in [2.24, 2.45) is 0 Å². The van der Waals surface area contributed by atoms with Crippen molar-refractivity contribution in [2.75, 3.05) is 12.4 Å². The Hall–Kier alpha value is -3.35. The zero-order valence-electron chi connectivity index (χ0n) is 13.0. The molecular formula is C17H14N2O5. The molecule has 2 heterocycles. The molecule has 0 aliphatic rings. The van der Waals surface area contributed by atoms with Crippen LogP contribution in [0.15, 0.2) is 51.6 Å². The molecular weight excluding hydrogens is 312 g/mol. The summed E-state index contributed by atoms with van der Waals surface area (Å²) in [5.41, 5.74) is 0.621. The van der Waals surface area contributed by atoms with Crippen LogP contribution in [0.1, 0.15) is 26.6 Å². The van der Waals surface area contributed by atoms with Crippen LogP contribution in [0.2, 0.25) is 0 Å². The summed E-state index contributed by atoms with van der Waals surface area (Å²) in [5, 5.41) is 2.64. The van der Waals surface area contributed by atoms with E-state index in [-0.39, 0.29) is 17.0 Å². The number of ether oxygens (including phenoxy) is 1. The van der Waals surface area contributed by atoms with Gasteiger partial charge in [-0.25, -0.2) is 9.78 Å². The average Bonchev–Trinajstić information content (AvgIpc) is 3.23. The van der Waals surface area contributed by atoms with Gasteiger partial charge in [-0.3, -0.25) is 4.79 Å². The molecule has 122 valence electrons. The minimum atomic E-state index is -0.548. The van der Waals surface area contributed by atoms with Crippen molar-refractivity contribution in [2.45, 2.75) is 6.92 Å². The van der Waals surface area contributed by atoms with Gasteiger partial charge in [0.05, 0.1) is 18.4 Å². The summed E-state index contributed by atoms with van der Waals surface area (Å²) in [5.74, 6) is 0.230. The van der Waals surface area contributed by atoms with Gasteiger partial charge in [0, 0.05) is 0 Å². The first kappa shape index (κ1) is 15.5. The molecule has 1 aromatic carbocycles. The number of aromatic nitrogens is 1. The standard InChI is InChI=1S/C17H14N2O5/c1-10-7-8-13(24-10)15-14(18-9-23-15)16(20)19-12-6-4-3-5-11(12)17(21)22-2/h3-9H,1-2H3,(H,19,20). The number of esters is 1. The van der Waals surface area contributed by atoms with E-state index in [1.807, 2.05) is 0 Å². The maximum absolute atomic E-state index is 12.5. The maximum atomic E-state index is 12.5. The molecule has 0 atom stereocenters. The van der Waals surface area contributed by atoms with E-state index < -0.39 is 11.9 Å². The van der Waals surface area contributed by atoms with Crippen molar-refractivity contribution in [3.63, 3.8) is 0 Å². The van der Waals surface area contributed by atoms with Gasteiger partial charge in [-0.15, -0.1) is 0 Å². The minimum absolute atomic E-state index is 0.0593. The van der Waals surface area contributed by atoms with Crippen LogP contribution in [0, 0.1) is 6.92 Å². The molecule has 3 aromatic rings. The summed E-state index contributed by atoms with van der Waals surface area (Å²) in [6.07, 6.45) is 1.16. The number of furan rings is 1. The van der Waals surface area contributed by atoms with Crippen LogP contribution in [-0.4, -0.2) is 24.0 Å². The van der Waals surface area contributed by atoms with Gasteiger partial charge in [0.1, 0.15) is 5.76 Å². The number of methoxy groups -OCH3 is 1.